The van der Waals surface area contributed by atoms with Crippen LogP contribution in [0.25, 0.3) is 0 Å². The van der Waals surface area contributed by atoms with Crippen LogP contribution in [0.3, 0.4) is 0 Å². The Bertz CT molecular complexity index is 282. The highest BCUT2D eigenvalue weighted by atomic mass is 32.1. The van der Waals surface area contributed by atoms with E-state index in [1.165, 1.54) is 11.1 Å². The number of rotatable bonds is 0. The number of hydrogen-bond acceptors (Lipinski definition) is 1. The van der Waals surface area contributed by atoms with Gasteiger partial charge in [0.25, 0.3) is 0 Å². The molecule has 1 aromatic rings. The molecule has 0 unspecified atom stereocenters. The Morgan fingerprint density at radius 3 is 1.93 bits per heavy atom. The van der Waals surface area contributed by atoms with E-state index in [0.717, 1.165) is 4.90 Å². The summed E-state index contributed by atoms with van der Waals surface area (Å²) in [5.74, 6) is 0. The molecule has 14 heavy (non-hydrogen) atoms. The Morgan fingerprint density at radius 1 is 1.07 bits per heavy atom. The summed E-state index contributed by atoms with van der Waals surface area (Å²) in [6, 6.07) is 6.42. The molecule has 0 bridgehead atoms. The largest absolute Gasteiger partial charge is 0.143 e. The smallest absolute Gasteiger partial charge is 0.00800 e. The normalized spacial score (nSPS) is 10.5. The van der Waals surface area contributed by atoms with Crippen LogP contribution >= 0.6 is 12.6 Å². The van der Waals surface area contributed by atoms with E-state index >= 15 is 0 Å². The summed E-state index contributed by atoms with van der Waals surface area (Å²) in [7, 11) is 0. The number of thiol groups is 1. The molecule has 0 aliphatic rings. The molecule has 0 spiro atoms. The minimum Gasteiger partial charge on any atom is -0.143 e. The Hall–Kier alpha value is -0.430. The van der Waals surface area contributed by atoms with E-state index in [2.05, 4.69) is 58.5 Å². The standard InChI is InChI=1S/C11H16S.C2H6/c1-8-5-6-9(10(12)7-8)11(2,3)4;1-2/h5-7,12H,1-4H3;1-2H3. The topological polar surface area (TPSA) is 0 Å². The first-order valence-electron chi connectivity index (χ1n) is 5.21. The number of aryl methyl sites for hydroxylation is 1. The van der Waals surface area contributed by atoms with E-state index in [9.17, 15) is 0 Å². The Labute approximate surface area is 94.1 Å². The van der Waals surface area contributed by atoms with Gasteiger partial charge in [0.15, 0.2) is 0 Å². The van der Waals surface area contributed by atoms with Gasteiger partial charge in [-0.25, -0.2) is 0 Å². The van der Waals surface area contributed by atoms with Gasteiger partial charge in [-0.05, 0) is 24.0 Å². The highest BCUT2D eigenvalue weighted by Gasteiger charge is 2.15. The van der Waals surface area contributed by atoms with Gasteiger partial charge in [-0.2, -0.15) is 0 Å². The van der Waals surface area contributed by atoms with Crippen molar-refractivity contribution in [2.75, 3.05) is 0 Å². The van der Waals surface area contributed by atoms with Gasteiger partial charge < -0.3 is 0 Å². The average molecular weight is 210 g/mol. The quantitative estimate of drug-likeness (QED) is 0.594. The van der Waals surface area contributed by atoms with Crippen molar-refractivity contribution in [3.05, 3.63) is 29.3 Å². The first kappa shape index (κ1) is 13.6. The molecule has 0 saturated carbocycles. The van der Waals surface area contributed by atoms with E-state index in [4.69, 9.17) is 0 Å². The lowest BCUT2D eigenvalue weighted by atomic mass is 9.86. The predicted molar refractivity (Wildman–Crippen MR) is 68.5 cm³/mol. The average Bonchev–Trinajstić information content (AvgIpc) is 2.05. The van der Waals surface area contributed by atoms with Crippen LogP contribution in [0.15, 0.2) is 23.1 Å². The molecule has 0 aliphatic carbocycles. The van der Waals surface area contributed by atoms with Crippen molar-refractivity contribution in [1.29, 1.82) is 0 Å². The molecule has 1 rings (SSSR count). The molecular weight excluding hydrogens is 188 g/mol. The van der Waals surface area contributed by atoms with Crippen LogP contribution in [0.1, 0.15) is 45.7 Å². The van der Waals surface area contributed by atoms with E-state index < -0.39 is 0 Å². The van der Waals surface area contributed by atoms with Crippen LogP contribution in [0.5, 0.6) is 0 Å². The molecule has 1 heteroatoms. The van der Waals surface area contributed by atoms with Crippen molar-refractivity contribution in [2.45, 2.75) is 51.9 Å². The minimum atomic E-state index is 0.199. The predicted octanol–water partition coefficient (Wildman–Crippen LogP) is 4.61. The molecule has 0 heterocycles. The van der Waals surface area contributed by atoms with Crippen molar-refractivity contribution in [3.8, 4) is 0 Å². The summed E-state index contributed by atoms with van der Waals surface area (Å²) in [6.07, 6.45) is 0. The third-order valence-corrected chi connectivity index (χ3v) is 2.33. The zero-order chi connectivity index (χ0) is 11.4. The van der Waals surface area contributed by atoms with E-state index in [0.29, 0.717) is 0 Å². The third-order valence-electron chi connectivity index (χ3n) is 1.96. The molecule has 1 aromatic carbocycles. The Morgan fingerprint density at radius 2 is 1.57 bits per heavy atom. The fraction of sp³-hybridized carbons (Fsp3) is 0.538. The second kappa shape index (κ2) is 5.45. The molecule has 0 aliphatic heterocycles. The fourth-order valence-electron chi connectivity index (χ4n) is 1.28. The van der Waals surface area contributed by atoms with Crippen molar-refractivity contribution in [2.24, 2.45) is 0 Å². The van der Waals surface area contributed by atoms with Crippen LogP contribution in [-0.2, 0) is 5.41 Å². The maximum absolute atomic E-state index is 4.46. The maximum atomic E-state index is 4.46. The van der Waals surface area contributed by atoms with E-state index in [-0.39, 0.29) is 5.41 Å². The van der Waals surface area contributed by atoms with Gasteiger partial charge in [-0.15, -0.1) is 12.6 Å². The maximum Gasteiger partial charge on any atom is 0.00800 e. The van der Waals surface area contributed by atoms with Gasteiger partial charge in [0.05, 0.1) is 0 Å². The second-order valence-corrected chi connectivity index (χ2v) is 4.75. The van der Waals surface area contributed by atoms with Crippen LogP contribution in [0.4, 0.5) is 0 Å². The zero-order valence-electron chi connectivity index (χ0n) is 10.2. The summed E-state index contributed by atoms with van der Waals surface area (Å²) in [4.78, 5) is 1.10. The molecule has 0 aromatic heterocycles. The zero-order valence-corrected chi connectivity index (χ0v) is 11.1. The van der Waals surface area contributed by atoms with Crippen molar-refractivity contribution >= 4 is 12.6 Å². The van der Waals surface area contributed by atoms with Gasteiger partial charge in [-0.1, -0.05) is 52.3 Å². The SMILES string of the molecule is CC.Cc1ccc(C(C)(C)C)c(S)c1. The number of hydrogen-bond donors (Lipinski definition) is 1. The van der Waals surface area contributed by atoms with Crippen LogP contribution in [-0.4, -0.2) is 0 Å². The molecule has 0 atom stereocenters. The monoisotopic (exact) mass is 210 g/mol. The lowest BCUT2D eigenvalue weighted by Crippen LogP contribution is -2.11. The molecule has 0 amide bonds. The Balaban J connectivity index is 0.000000791. The van der Waals surface area contributed by atoms with E-state index in [1.54, 1.807) is 0 Å². The molecule has 0 N–H and O–H groups in total. The highest BCUT2D eigenvalue weighted by molar-refractivity contribution is 7.80. The van der Waals surface area contributed by atoms with Crippen LogP contribution < -0.4 is 0 Å². The molecule has 80 valence electrons. The summed E-state index contributed by atoms with van der Waals surface area (Å²) in [6.45, 7) is 12.7. The summed E-state index contributed by atoms with van der Waals surface area (Å²) < 4.78 is 0. The summed E-state index contributed by atoms with van der Waals surface area (Å²) in [5.41, 5.74) is 2.79. The fourth-order valence-corrected chi connectivity index (χ4v) is 1.89. The van der Waals surface area contributed by atoms with Gasteiger partial charge in [-0.3, -0.25) is 0 Å². The summed E-state index contributed by atoms with van der Waals surface area (Å²) >= 11 is 4.46. The first-order valence-corrected chi connectivity index (χ1v) is 5.66. The van der Waals surface area contributed by atoms with Crippen LogP contribution in [0, 0.1) is 6.92 Å². The van der Waals surface area contributed by atoms with Crippen LogP contribution in [0.2, 0.25) is 0 Å². The lowest BCUT2D eigenvalue weighted by molar-refractivity contribution is 0.578. The molecule has 0 nitrogen and oxygen atoms in total. The molecule has 0 fully saturated rings. The third kappa shape index (κ3) is 3.75. The number of benzene rings is 1. The molecule has 0 saturated heterocycles. The second-order valence-electron chi connectivity index (χ2n) is 4.27. The van der Waals surface area contributed by atoms with Crippen molar-refractivity contribution < 1.29 is 0 Å². The van der Waals surface area contributed by atoms with Gasteiger partial charge in [0, 0.05) is 4.90 Å². The van der Waals surface area contributed by atoms with Gasteiger partial charge in [0.1, 0.15) is 0 Å². The summed E-state index contributed by atoms with van der Waals surface area (Å²) in [5, 5.41) is 0. The Kier molecular flexibility index (Phi) is 5.28. The van der Waals surface area contributed by atoms with Gasteiger partial charge >= 0.3 is 0 Å². The lowest BCUT2D eigenvalue weighted by Gasteiger charge is -2.21. The molecule has 0 radical (unpaired) electrons. The van der Waals surface area contributed by atoms with Gasteiger partial charge in [0.2, 0.25) is 0 Å². The van der Waals surface area contributed by atoms with Crippen molar-refractivity contribution in [3.63, 3.8) is 0 Å². The first-order chi connectivity index (χ1) is 6.41. The minimum absolute atomic E-state index is 0.199. The highest BCUT2D eigenvalue weighted by Crippen LogP contribution is 2.28. The van der Waals surface area contributed by atoms with E-state index in [1.807, 2.05) is 13.8 Å². The molecular formula is C13H22S. The van der Waals surface area contributed by atoms with Crippen molar-refractivity contribution in [1.82, 2.24) is 0 Å².